The topological polar surface area (TPSA) is 73.1 Å². The molecule has 0 spiro atoms. The van der Waals surface area contributed by atoms with Crippen molar-refractivity contribution in [3.05, 3.63) is 5.82 Å². The molecule has 0 radical (unpaired) electrons. The van der Waals surface area contributed by atoms with Gasteiger partial charge in [0.15, 0.2) is 0 Å². The molecule has 1 saturated heterocycles. The molecule has 1 aliphatic carbocycles. The number of nitrogens with zero attached hydrogens (tertiary/aromatic N) is 2. The molecule has 1 aliphatic heterocycles. The first-order valence-electron chi connectivity index (χ1n) is 6.01. The van der Waals surface area contributed by atoms with E-state index in [2.05, 4.69) is 14.7 Å². The lowest BCUT2D eigenvalue weighted by atomic mass is 9.69. The van der Waals surface area contributed by atoms with Gasteiger partial charge in [-0.25, -0.2) is 0 Å². The summed E-state index contributed by atoms with van der Waals surface area (Å²) in [6, 6.07) is -0.289. The van der Waals surface area contributed by atoms with E-state index < -0.39 is 12.0 Å². The highest BCUT2D eigenvalue weighted by molar-refractivity contribution is 7.09. The van der Waals surface area contributed by atoms with Gasteiger partial charge in [-0.05, 0) is 12.8 Å². The van der Waals surface area contributed by atoms with Crippen LogP contribution in [0.5, 0.6) is 0 Å². The average molecular weight is 294 g/mol. The van der Waals surface area contributed by atoms with E-state index in [0.29, 0.717) is 24.1 Å². The SMILES string of the molecule is NC1C2CCCOC2C1Nc1nc(C(F)(F)F)ns1. The smallest absolute Gasteiger partial charge is 0.376 e. The third-order valence-corrected chi connectivity index (χ3v) is 4.29. The number of rotatable bonds is 2. The monoisotopic (exact) mass is 294 g/mol. The van der Waals surface area contributed by atoms with Crippen molar-refractivity contribution in [2.75, 3.05) is 11.9 Å². The van der Waals surface area contributed by atoms with E-state index in [4.69, 9.17) is 10.5 Å². The zero-order chi connectivity index (χ0) is 13.6. The van der Waals surface area contributed by atoms with Crippen LogP contribution in [0.25, 0.3) is 0 Å². The molecule has 9 heteroatoms. The summed E-state index contributed by atoms with van der Waals surface area (Å²) in [4.78, 5) is 3.44. The van der Waals surface area contributed by atoms with Crippen molar-refractivity contribution in [1.29, 1.82) is 0 Å². The molecule has 0 bridgehead atoms. The maximum absolute atomic E-state index is 12.4. The molecule has 19 heavy (non-hydrogen) atoms. The van der Waals surface area contributed by atoms with Crippen LogP contribution in [0.3, 0.4) is 0 Å². The zero-order valence-corrected chi connectivity index (χ0v) is 10.7. The second-order valence-corrected chi connectivity index (χ2v) is 5.56. The molecule has 2 heterocycles. The van der Waals surface area contributed by atoms with Crippen LogP contribution in [-0.2, 0) is 10.9 Å². The highest BCUT2D eigenvalue weighted by Gasteiger charge is 2.51. The van der Waals surface area contributed by atoms with E-state index in [1.54, 1.807) is 0 Å². The lowest BCUT2D eigenvalue weighted by molar-refractivity contribution is -0.144. The summed E-state index contributed by atoms with van der Waals surface area (Å²) in [5.41, 5.74) is 6.01. The first-order chi connectivity index (χ1) is 8.97. The Balaban J connectivity index is 1.67. The van der Waals surface area contributed by atoms with Gasteiger partial charge in [-0.3, -0.25) is 0 Å². The number of anilines is 1. The highest BCUT2D eigenvalue weighted by Crippen LogP contribution is 2.39. The van der Waals surface area contributed by atoms with Crippen molar-refractivity contribution < 1.29 is 17.9 Å². The molecule has 0 amide bonds. The largest absolute Gasteiger partial charge is 0.452 e. The van der Waals surface area contributed by atoms with E-state index in [9.17, 15) is 13.2 Å². The van der Waals surface area contributed by atoms with Crippen molar-refractivity contribution in [1.82, 2.24) is 9.36 Å². The van der Waals surface area contributed by atoms with Crippen LogP contribution < -0.4 is 11.1 Å². The summed E-state index contributed by atoms with van der Waals surface area (Å²) in [6.45, 7) is 0.677. The maximum atomic E-state index is 12.4. The predicted molar refractivity (Wildman–Crippen MR) is 62.8 cm³/mol. The number of hydrogen-bond acceptors (Lipinski definition) is 6. The molecule has 3 N–H and O–H groups in total. The first-order valence-corrected chi connectivity index (χ1v) is 6.79. The van der Waals surface area contributed by atoms with E-state index in [1.807, 2.05) is 0 Å². The van der Waals surface area contributed by atoms with Crippen LogP contribution in [0.1, 0.15) is 18.7 Å². The highest BCUT2D eigenvalue weighted by atomic mass is 32.1. The molecule has 106 valence electrons. The Morgan fingerprint density at radius 3 is 2.89 bits per heavy atom. The van der Waals surface area contributed by atoms with E-state index in [0.717, 1.165) is 12.8 Å². The minimum absolute atomic E-state index is 0.0259. The van der Waals surface area contributed by atoms with Crippen LogP contribution in [0.4, 0.5) is 18.3 Å². The molecule has 4 unspecified atom stereocenters. The number of nitrogens with one attached hydrogen (secondary N) is 1. The second kappa shape index (κ2) is 4.57. The van der Waals surface area contributed by atoms with Gasteiger partial charge in [0.25, 0.3) is 0 Å². The number of halogens is 3. The molecule has 5 nitrogen and oxygen atoms in total. The zero-order valence-electron chi connectivity index (χ0n) is 9.85. The summed E-state index contributed by atoms with van der Waals surface area (Å²) < 4.78 is 46.0. The number of alkyl halides is 3. The molecule has 2 aliphatic rings. The lowest BCUT2D eigenvalue weighted by Crippen LogP contribution is -2.69. The Kier molecular flexibility index (Phi) is 3.14. The van der Waals surface area contributed by atoms with Crippen molar-refractivity contribution in [2.24, 2.45) is 11.7 Å². The average Bonchev–Trinajstić information content (AvgIpc) is 2.84. The van der Waals surface area contributed by atoms with Crippen molar-refractivity contribution in [2.45, 2.75) is 37.2 Å². The van der Waals surface area contributed by atoms with Gasteiger partial charge in [-0.2, -0.15) is 22.5 Å². The summed E-state index contributed by atoms with van der Waals surface area (Å²) in [5, 5.41) is 3.05. The predicted octanol–water partition coefficient (Wildman–Crippen LogP) is 1.47. The third-order valence-electron chi connectivity index (χ3n) is 3.65. The summed E-state index contributed by atoms with van der Waals surface area (Å²) >= 11 is 0.692. The molecule has 2 fully saturated rings. The minimum Gasteiger partial charge on any atom is -0.376 e. The quantitative estimate of drug-likeness (QED) is 0.864. The molecule has 0 aromatic carbocycles. The van der Waals surface area contributed by atoms with Gasteiger partial charge in [0, 0.05) is 30.1 Å². The van der Waals surface area contributed by atoms with Gasteiger partial charge >= 0.3 is 6.18 Å². The molecule has 1 saturated carbocycles. The van der Waals surface area contributed by atoms with Gasteiger partial charge in [0.05, 0.1) is 12.1 Å². The molecule has 1 aromatic rings. The van der Waals surface area contributed by atoms with E-state index in [-0.39, 0.29) is 23.3 Å². The Hall–Kier alpha value is -0.930. The molecule has 1 aromatic heterocycles. The molecular formula is C10H13F3N4OS. The maximum Gasteiger partial charge on any atom is 0.452 e. The fourth-order valence-corrected chi connectivity index (χ4v) is 3.30. The lowest BCUT2D eigenvalue weighted by Gasteiger charge is -2.52. The number of fused-ring (bicyclic) bond motifs is 1. The van der Waals surface area contributed by atoms with E-state index in [1.165, 1.54) is 0 Å². The first kappa shape index (κ1) is 13.1. The number of hydrogen-bond donors (Lipinski definition) is 2. The van der Waals surface area contributed by atoms with E-state index >= 15 is 0 Å². The van der Waals surface area contributed by atoms with Crippen LogP contribution in [-0.4, -0.2) is 34.2 Å². The molecule has 4 atom stereocenters. The summed E-state index contributed by atoms with van der Waals surface area (Å²) in [5.74, 6) is -0.824. The third kappa shape index (κ3) is 2.30. The summed E-state index contributed by atoms with van der Waals surface area (Å²) in [7, 11) is 0. The van der Waals surface area contributed by atoms with Crippen LogP contribution >= 0.6 is 11.5 Å². The van der Waals surface area contributed by atoms with Crippen LogP contribution in [0.2, 0.25) is 0 Å². The van der Waals surface area contributed by atoms with Crippen LogP contribution in [0, 0.1) is 5.92 Å². The molecular weight excluding hydrogens is 281 g/mol. The van der Waals surface area contributed by atoms with Gasteiger partial charge in [0.2, 0.25) is 11.0 Å². The van der Waals surface area contributed by atoms with Gasteiger partial charge in [-0.1, -0.05) is 0 Å². The van der Waals surface area contributed by atoms with Gasteiger partial charge in [0.1, 0.15) is 0 Å². The van der Waals surface area contributed by atoms with Gasteiger partial charge < -0.3 is 15.8 Å². The van der Waals surface area contributed by atoms with Crippen molar-refractivity contribution in [3.63, 3.8) is 0 Å². The number of aromatic nitrogens is 2. The Morgan fingerprint density at radius 1 is 1.42 bits per heavy atom. The second-order valence-electron chi connectivity index (χ2n) is 4.81. The van der Waals surface area contributed by atoms with Gasteiger partial charge in [-0.15, -0.1) is 0 Å². The van der Waals surface area contributed by atoms with Crippen molar-refractivity contribution in [3.8, 4) is 0 Å². The standard InChI is InChI=1S/C10H13F3N4OS/c11-10(12,13)8-16-9(19-17-8)15-6-5(14)4-2-1-3-18-7(4)6/h4-7H,1-3,14H2,(H,15,16,17). The fraction of sp³-hybridized carbons (Fsp3) is 0.800. The Labute approximate surface area is 111 Å². The normalized spacial score (nSPS) is 34.5. The minimum atomic E-state index is -4.51. The number of ether oxygens (including phenoxy) is 1. The Bertz CT molecular complexity index is 466. The fourth-order valence-electron chi connectivity index (χ4n) is 2.67. The molecule has 3 rings (SSSR count). The number of nitrogens with two attached hydrogens (primary N) is 1. The van der Waals surface area contributed by atoms with Crippen molar-refractivity contribution >= 4 is 16.7 Å². The Morgan fingerprint density at radius 2 is 2.21 bits per heavy atom. The summed E-state index contributed by atoms with van der Waals surface area (Å²) in [6.07, 6.45) is -2.55. The van der Waals surface area contributed by atoms with Crippen LogP contribution in [0.15, 0.2) is 0 Å².